The predicted molar refractivity (Wildman–Crippen MR) is 133 cm³/mol. The molecule has 2 heterocycles. The zero-order chi connectivity index (χ0) is 24.2. The maximum Gasteiger partial charge on any atom is 0.342 e. The van der Waals surface area contributed by atoms with Crippen molar-refractivity contribution in [3.63, 3.8) is 0 Å². The summed E-state index contributed by atoms with van der Waals surface area (Å²) in [6.07, 6.45) is 3.45. The normalized spacial score (nSPS) is 12.7. The number of hydrogen-bond donors (Lipinski definition) is 0. The zero-order valence-corrected chi connectivity index (χ0v) is 19.4. The fraction of sp³-hybridized carbons (Fsp3) is 0.179. The van der Waals surface area contributed by atoms with Gasteiger partial charge in [0.15, 0.2) is 6.61 Å². The van der Waals surface area contributed by atoms with Crippen molar-refractivity contribution in [2.24, 2.45) is 0 Å². The highest BCUT2D eigenvalue weighted by atomic mass is 16.5. The van der Waals surface area contributed by atoms with Crippen LogP contribution in [0.25, 0.3) is 16.9 Å². The fourth-order valence-electron chi connectivity index (χ4n) is 4.27. The van der Waals surface area contributed by atoms with Gasteiger partial charge in [0.1, 0.15) is 17.0 Å². The number of anilines is 1. The number of fused-ring (bicyclic) bond motifs is 1. The van der Waals surface area contributed by atoms with Crippen LogP contribution in [0.15, 0.2) is 85.1 Å². The number of amides is 1. The molecule has 35 heavy (non-hydrogen) atoms. The quantitative estimate of drug-likeness (QED) is 0.385. The van der Waals surface area contributed by atoms with Crippen LogP contribution in [-0.2, 0) is 16.0 Å². The van der Waals surface area contributed by atoms with Crippen LogP contribution in [0.1, 0.15) is 22.3 Å². The molecule has 1 aliphatic rings. The van der Waals surface area contributed by atoms with Crippen molar-refractivity contribution >= 4 is 17.6 Å². The van der Waals surface area contributed by atoms with Crippen LogP contribution in [0, 0.1) is 0 Å². The monoisotopic (exact) mass is 467 g/mol. The molecule has 4 aromatic rings. The number of nitrogens with zero attached hydrogens (tertiary/aromatic N) is 3. The zero-order valence-electron chi connectivity index (χ0n) is 19.4. The average Bonchev–Trinajstić information content (AvgIpc) is 3.37. The molecule has 3 aromatic carbocycles. The maximum atomic E-state index is 13.2. The minimum Gasteiger partial charge on any atom is -0.497 e. The first-order valence-electron chi connectivity index (χ1n) is 11.5. The van der Waals surface area contributed by atoms with Gasteiger partial charge in [-0.25, -0.2) is 9.48 Å². The molecule has 0 saturated carbocycles. The van der Waals surface area contributed by atoms with Crippen LogP contribution in [0.2, 0.25) is 0 Å². The van der Waals surface area contributed by atoms with Crippen molar-refractivity contribution in [3.8, 4) is 22.7 Å². The van der Waals surface area contributed by atoms with Crippen molar-refractivity contribution in [1.82, 2.24) is 9.78 Å². The van der Waals surface area contributed by atoms with Crippen molar-refractivity contribution in [1.29, 1.82) is 0 Å². The van der Waals surface area contributed by atoms with E-state index in [-0.39, 0.29) is 18.1 Å². The lowest BCUT2D eigenvalue weighted by Crippen LogP contribution is -2.38. The van der Waals surface area contributed by atoms with Crippen molar-refractivity contribution in [2.75, 3.05) is 25.2 Å². The van der Waals surface area contributed by atoms with Gasteiger partial charge < -0.3 is 14.4 Å². The molecule has 1 aliphatic heterocycles. The van der Waals surface area contributed by atoms with Gasteiger partial charge in [-0.2, -0.15) is 5.10 Å². The Labute approximate surface area is 203 Å². The topological polar surface area (TPSA) is 73.7 Å². The Kier molecular flexibility index (Phi) is 6.30. The average molecular weight is 468 g/mol. The van der Waals surface area contributed by atoms with E-state index in [1.165, 1.54) is 0 Å². The van der Waals surface area contributed by atoms with E-state index in [9.17, 15) is 9.59 Å². The number of carbonyl (C=O) groups is 2. The van der Waals surface area contributed by atoms with E-state index >= 15 is 0 Å². The third-order valence-corrected chi connectivity index (χ3v) is 6.06. The molecule has 7 heteroatoms. The smallest absolute Gasteiger partial charge is 0.342 e. The van der Waals surface area contributed by atoms with E-state index in [0.29, 0.717) is 18.0 Å². The van der Waals surface area contributed by atoms with E-state index in [1.807, 2.05) is 78.9 Å². The molecule has 0 radical (unpaired) electrons. The summed E-state index contributed by atoms with van der Waals surface area (Å²) in [5.74, 6) is -0.142. The Morgan fingerprint density at radius 2 is 1.69 bits per heavy atom. The second-order valence-electron chi connectivity index (χ2n) is 8.25. The molecule has 0 N–H and O–H groups in total. The number of para-hydroxylation sites is 2. The van der Waals surface area contributed by atoms with Crippen molar-refractivity contribution in [3.05, 3.63) is 96.2 Å². The largest absolute Gasteiger partial charge is 0.497 e. The molecule has 0 fully saturated rings. The van der Waals surface area contributed by atoms with Gasteiger partial charge in [0.25, 0.3) is 5.91 Å². The van der Waals surface area contributed by atoms with Gasteiger partial charge in [-0.05, 0) is 60.9 Å². The summed E-state index contributed by atoms with van der Waals surface area (Å²) in [4.78, 5) is 27.8. The van der Waals surface area contributed by atoms with Gasteiger partial charge in [-0.15, -0.1) is 0 Å². The minimum atomic E-state index is -0.600. The SMILES string of the molecule is COc1ccc(-c2nn(-c3ccccc3)cc2C(=O)OCC(=O)N2CCCc3ccccc32)cc1. The Hall–Kier alpha value is -4.39. The number of aryl methyl sites for hydroxylation is 1. The first kappa shape index (κ1) is 22.4. The highest BCUT2D eigenvalue weighted by Gasteiger charge is 2.25. The molecule has 0 aliphatic carbocycles. The number of esters is 1. The molecule has 0 saturated heterocycles. The lowest BCUT2D eigenvalue weighted by atomic mass is 10.0. The van der Waals surface area contributed by atoms with Crippen LogP contribution in [0.5, 0.6) is 5.75 Å². The molecule has 0 bridgehead atoms. The summed E-state index contributed by atoms with van der Waals surface area (Å²) in [6, 6.07) is 24.6. The number of carbonyl (C=O) groups excluding carboxylic acids is 2. The number of hydrogen-bond acceptors (Lipinski definition) is 5. The first-order chi connectivity index (χ1) is 17.1. The van der Waals surface area contributed by atoms with Crippen LogP contribution in [-0.4, -0.2) is 41.9 Å². The van der Waals surface area contributed by atoms with Crippen LogP contribution in [0.4, 0.5) is 5.69 Å². The van der Waals surface area contributed by atoms with Gasteiger partial charge in [0.05, 0.1) is 12.8 Å². The predicted octanol–water partition coefficient (Wildman–Crippen LogP) is 4.68. The molecular weight excluding hydrogens is 442 g/mol. The van der Waals surface area contributed by atoms with Gasteiger partial charge in [0.2, 0.25) is 0 Å². The Morgan fingerprint density at radius 3 is 2.46 bits per heavy atom. The number of benzene rings is 3. The van der Waals surface area contributed by atoms with Gasteiger partial charge in [-0.3, -0.25) is 4.79 Å². The Bertz CT molecular complexity index is 1350. The summed E-state index contributed by atoms with van der Waals surface area (Å²) in [7, 11) is 1.60. The lowest BCUT2D eigenvalue weighted by Gasteiger charge is -2.29. The highest BCUT2D eigenvalue weighted by Crippen LogP contribution is 2.28. The molecule has 176 valence electrons. The third-order valence-electron chi connectivity index (χ3n) is 6.06. The molecule has 1 aromatic heterocycles. The Morgan fingerprint density at radius 1 is 0.943 bits per heavy atom. The number of ether oxygens (including phenoxy) is 2. The maximum absolute atomic E-state index is 13.2. The summed E-state index contributed by atoms with van der Waals surface area (Å²) in [5, 5.41) is 4.65. The number of aromatic nitrogens is 2. The molecule has 7 nitrogen and oxygen atoms in total. The van der Waals surface area contributed by atoms with Crippen molar-refractivity contribution < 1.29 is 19.1 Å². The van der Waals surface area contributed by atoms with Crippen LogP contribution < -0.4 is 9.64 Å². The summed E-state index contributed by atoms with van der Waals surface area (Å²) in [6.45, 7) is 0.266. The molecule has 0 atom stereocenters. The van der Waals surface area contributed by atoms with Gasteiger partial charge in [0, 0.05) is 24.0 Å². The Balaban J connectivity index is 1.39. The summed E-state index contributed by atoms with van der Waals surface area (Å²) in [5.41, 5.74) is 4.31. The number of methoxy groups -OCH3 is 1. The van der Waals surface area contributed by atoms with E-state index in [1.54, 1.807) is 22.9 Å². The lowest BCUT2D eigenvalue weighted by molar-refractivity contribution is -0.121. The summed E-state index contributed by atoms with van der Waals surface area (Å²) < 4.78 is 12.4. The minimum absolute atomic E-state index is 0.244. The third kappa shape index (κ3) is 4.66. The van der Waals surface area contributed by atoms with Crippen molar-refractivity contribution in [2.45, 2.75) is 12.8 Å². The summed E-state index contributed by atoms with van der Waals surface area (Å²) >= 11 is 0. The van der Waals surface area contributed by atoms with Gasteiger partial charge >= 0.3 is 5.97 Å². The first-order valence-corrected chi connectivity index (χ1v) is 11.5. The second-order valence-corrected chi connectivity index (χ2v) is 8.25. The van der Waals surface area contributed by atoms with Crippen LogP contribution in [0.3, 0.4) is 0 Å². The van der Waals surface area contributed by atoms with E-state index in [4.69, 9.17) is 9.47 Å². The van der Waals surface area contributed by atoms with E-state index in [0.717, 1.165) is 35.3 Å². The van der Waals surface area contributed by atoms with E-state index < -0.39 is 5.97 Å². The molecule has 5 rings (SSSR count). The highest BCUT2D eigenvalue weighted by molar-refractivity contribution is 6.00. The number of rotatable bonds is 6. The van der Waals surface area contributed by atoms with E-state index in [2.05, 4.69) is 5.10 Å². The molecular formula is C28H25N3O4. The second kappa shape index (κ2) is 9.85. The van der Waals surface area contributed by atoms with Gasteiger partial charge in [-0.1, -0.05) is 36.4 Å². The molecule has 0 unspecified atom stereocenters. The molecule has 0 spiro atoms. The fourth-order valence-corrected chi connectivity index (χ4v) is 4.27. The van der Waals surface area contributed by atoms with Crippen LogP contribution >= 0.6 is 0 Å². The molecule has 1 amide bonds. The standard InChI is InChI=1S/C28H25N3O4/c1-34-23-15-13-21(14-16-23)27-24(18-31(29-27)22-10-3-2-4-11-22)28(33)35-19-26(32)30-17-7-9-20-8-5-6-12-25(20)30/h2-6,8,10-16,18H,7,9,17,19H2,1H3.